The SMILES string of the molecule is CC(C)(C(=O)NC1(CN2CCC2)CC1)n1ccc2c(Cl)ccc(F)c21. The molecule has 25 heavy (non-hydrogen) atoms. The maximum atomic E-state index is 14.4. The third-order valence-electron chi connectivity index (χ3n) is 5.61. The monoisotopic (exact) mass is 363 g/mol. The van der Waals surface area contributed by atoms with Crippen molar-refractivity contribution in [3.05, 3.63) is 35.2 Å². The molecule has 2 fully saturated rings. The predicted octanol–water partition coefficient (Wildman–Crippen LogP) is 3.52. The number of benzene rings is 1. The molecule has 1 N–H and O–H groups in total. The molecule has 0 radical (unpaired) electrons. The molecule has 1 aliphatic carbocycles. The van der Waals surface area contributed by atoms with E-state index in [0.29, 0.717) is 15.9 Å². The van der Waals surface area contributed by atoms with Crippen LogP contribution in [0.15, 0.2) is 24.4 Å². The van der Waals surface area contributed by atoms with E-state index >= 15 is 0 Å². The Morgan fingerprint density at radius 1 is 1.32 bits per heavy atom. The second-order valence-corrected chi connectivity index (χ2v) is 8.31. The fourth-order valence-corrected chi connectivity index (χ4v) is 3.81. The van der Waals surface area contributed by atoms with Gasteiger partial charge in [-0.15, -0.1) is 0 Å². The van der Waals surface area contributed by atoms with Crippen molar-refractivity contribution in [2.75, 3.05) is 19.6 Å². The lowest BCUT2D eigenvalue weighted by molar-refractivity contribution is -0.129. The highest BCUT2D eigenvalue weighted by molar-refractivity contribution is 6.35. The van der Waals surface area contributed by atoms with Crippen LogP contribution in [0.25, 0.3) is 10.9 Å². The van der Waals surface area contributed by atoms with E-state index in [1.807, 2.05) is 13.8 Å². The summed E-state index contributed by atoms with van der Waals surface area (Å²) in [6, 6.07) is 4.66. The third-order valence-corrected chi connectivity index (χ3v) is 5.94. The van der Waals surface area contributed by atoms with Crippen LogP contribution in [0.1, 0.15) is 33.1 Å². The second-order valence-electron chi connectivity index (χ2n) is 7.90. The van der Waals surface area contributed by atoms with E-state index in [4.69, 9.17) is 11.6 Å². The molecule has 4 nitrogen and oxygen atoms in total. The van der Waals surface area contributed by atoms with E-state index in [2.05, 4.69) is 10.2 Å². The van der Waals surface area contributed by atoms with Crippen LogP contribution >= 0.6 is 11.6 Å². The summed E-state index contributed by atoms with van der Waals surface area (Å²) in [6.45, 7) is 6.80. The van der Waals surface area contributed by atoms with Gasteiger partial charge in [0.25, 0.3) is 0 Å². The number of likely N-dealkylation sites (tertiary alicyclic amines) is 1. The van der Waals surface area contributed by atoms with E-state index in [9.17, 15) is 9.18 Å². The van der Waals surface area contributed by atoms with Crippen molar-refractivity contribution in [2.45, 2.75) is 44.2 Å². The summed E-state index contributed by atoms with van der Waals surface area (Å²) in [5, 5.41) is 4.35. The second kappa shape index (κ2) is 5.71. The maximum Gasteiger partial charge on any atom is 0.246 e. The molecule has 1 saturated heterocycles. The predicted molar refractivity (Wildman–Crippen MR) is 97.4 cm³/mol. The van der Waals surface area contributed by atoms with Crippen molar-refractivity contribution >= 4 is 28.4 Å². The molecule has 0 bridgehead atoms. The Hall–Kier alpha value is -1.59. The minimum absolute atomic E-state index is 0.0811. The summed E-state index contributed by atoms with van der Waals surface area (Å²) in [5.41, 5.74) is -0.633. The van der Waals surface area contributed by atoms with Gasteiger partial charge in [0.1, 0.15) is 11.4 Å². The number of nitrogens with one attached hydrogen (secondary N) is 1. The van der Waals surface area contributed by atoms with Crippen LogP contribution in [0.3, 0.4) is 0 Å². The molecule has 1 aromatic carbocycles. The van der Waals surface area contributed by atoms with Gasteiger partial charge < -0.3 is 14.8 Å². The highest BCUT2D eigenvalue weighted by Crippen LogP contribution is 2.38. The Morgan fingerprint density at radius 3 is 2.64 bits per heavy atom. The molecule has 1 aromatic heterocycles. The van der Waals surface area contributed by atoms with Crippen molar-refractivity contribution in [1.82, 2.24) is 14.8 Å². The van der Waals surface area contributed by atoms with Crippen LogP contribution in [-0.4, -0.2) is 40.5 Å². The summed E-state index contributed by atoms with van der Waals surface area (Å²) in [7, 11) is 0. The van der Waals surface area contributed by atoms with Crippen molar-refractivity contribution in [1.29, 1.82) is 0 Å². The van der Waals surface area contributed by atoms with Crippen LogP contribution in [-0.2, 0) is 10.3 Å². The molecule has 2 aliphatic rings. The standard InChI is InChI=1S/C19H23ClFN3O/c1-18(2,17(25)22-19(7-8-19)12-23-9-3-10-23)24-11-6-13-14(20)4-5-15(21)16(13)24/h4-6,11H,3,7-10,12H2,1-2H3,(H,22,25). The lowest BCUT2D eigenvalue weighted by Crippen LogP contribution is -2.54. The van der Waals surface area contributed by atoms with E-state index in [1.54, 1.807) is 22.9 Å². The van der Waals surface area contributed by atoms with Crippen LogP contribution in [0.5, 0.6) is 0 Å². The van der Waals surface area contributed by atoms with E-state index in [-0.39, 0.29) is 17.3 Å². The van der Waals surface area contributed by atoms with Gasteiger partial charge in [0.2, 0.25) is 5.91 Å². The summed E-state index contributed by atoms with van der Waals surface area (Å²) in [5.74, 6) is -0.450. The maximum absolute atomic E-state index is 14.4. The van der Waals surface area contributed by atoms with Crippen LogP contribution in [0.2, 0.25) is 5.02 Å². The molecule has 1 aliphatic heterocycles. The molecular weight excluding hydrogens is 341 g/mol. The first-order chi connectivity index (χ1) is 11.8. The number of aromatic nitrogens is 1. The molecule has 6 heteroatoms. The summed E-state index contributed by atoms with van der Waals surface area (Å²) < 4.78 is 16.1. The van der Waals surface area contributed by atoms with E-state index < -0.39 is 5.54 Å². The fourth-order valence-electron chi connectivity index (χ4n) is 3.59. The number of carbonyl (C=O) groups excluding carboxylic acids is 1. The van der Waals surface area contributed by atoms with Gasteiger partial charge in [-0.1, -0.05) is 11.6 Å². The van der Waals surface area contributed by atoms with Gasteiger partial charge in [-0.05, 0) is 64.4 Å². The van der Waals surface area contributed by atoms with Crippen LogP contribution in [0.4, 0.5) is 4.39 Å². The number of halogens is 2. The molecular formula is C19H23ClFN3O. The van der Waals surface area contributed by atoms with Gasteiger partial charge in [0.05, 0.1) is 16.1 Å². The molecule has 1 amide bonds. The topological polar surface area (TPSA) is 37.3 Å². The highest BCUT2D eigenvalue weighted by atomic mass is 35.5. The van der Waals surface area contributed by atoms with Crippen molar-refractivity contribution < 1.29 is 9.18 Å². The van der Waals surface area contributed by atoms with Crippen LogP contribution < -0.4 is 5.32 Å². The lowest BCUT2D eigenvalue weighted by atomic mass is 10.0. The first-order valence-corrected chi connectivity index (χ1v) is 9.21. The highest BCUT2D eigenvalue weighted by Gasteiger charge is 2.48. The Bertz CT molecular complexity index is 837. The Kier molecular flexibility index (Phi) is 3.85. The number of amides is 1. The zero-order valence-corrected chi connectivity index (χ0v) is 15.4. The van der Waals surface area contributed by atoms with Crippen molar-refractivity contribution in [2.24, 2.45) is 0 Å². The number of hydrogen-bond acceptors (Lipinski definition) is 2. The molecule has 4 rings (SSSR count). The zero-order valence-electron chi connectivity index (χ0n) is 14.6. The summed E-state index contributed by atoms with van der Waals surface area (Å²) in [6.07, 6.45) is 5.01. The largest absolute Gasteiger partial charge is 0.347 e. The fraction of sp³-hybridized carbons (Fsp3) is 0.526. The Morgan fingerprint density at radius 2 is 2.04 bits per heavy atom. The van der Waals surface area contributed by atoms with Crippen LogP contribution in [0, 0.1) is 5.82 Å². The third kappa shape index (κ3) is 2.83. The molecule has 2 aromatic rings. The number of hydrogen-bond donors (Lipinski definition) is 1. The molecule has 0 spiro atoms. The number of rotatable bonds is 5. The summed E-state index contributed by atoms with van der Waals surface area (Å²) in [4.78, 5) is 15.4. The molecule has 0 atom stereocenters. The quantitative estimate of drug-likeness (QED) is 0.882. The molecule has 0 unspecified atom stereocenters. The molecule has 2 heterocycles. The number of carbonyl (C=O) groups is 1. The minimum atomic E-state index is -0.905. The first kappa shape index (κ1) is 16.9. The van der Waals surface area contributed by atoms with Gasteiger partial charge in [0.15, 0.2) is 0 Å². The van der Waals surface area contributed by atoms with Gasteiger partial charge in [0, 0.05) is 18.1 Å². The van der Waals surface area contributed by atoms with E-state index in [0.717, 1.165) is 32.5 Å². The number of fused-ring (bicyclic) bond motifs is 1. The first-order valence-electron chi connectivity index (χ1n) is 8.83. The smallest absolute Gasteiger partial charge is 0.246 e. The normalized spacial score (nSPS) is 19.7. The molecule has 1 saturated carbocycles. The Balaban J connectivity index is 1.61. The van der Waals surface area contributed by atoms with Gasteiger partial charge in [-0.3, -0.25) is 4.79 Å². The van der Waals surface area contributed by atoms with Gasteiger partial charge in [-0.25, -0.2) is 4.39 Å². The Labute approximate surface area is 151 Å². The van der Waals surface area contributed by atoms with Gasteiger partial charge >= 0.3 is 0 Å². The summed E-state index contributed by atoms with van der Waals surface area (Å²) >= 11 is 6.18. The van der Waals surface area contributed by atoms with Crippen molar-refractivity contribution in [3.63, 3.8) is 0 Å². The van der Waals surface area contributed by atoms with Gasteiger partial charge in [-0.2, -0.15) is 0 Å². The lowest BCUT2D eigenvalue weighted by Gasteiger charge is -2.36. The zero-order chi connectivity index (χ0) is 17.8. The average Bonchev–Trinajstić information content (AvgIpc) is 3.11. The number of nitrogens with zero attached hydrogens (tertiary/aromatic N) is 2. The molecule has 134 valence electrons. The van der Waals surface area contributed by atoms with Crippen molar-refractivity contribution in [3.8, 4) is 0 Å². The minimum Gasteiger partial charge on any atom is -0.347 e. The average molecular weight is 364 g/mol. The van der Waals surface area contributed by atoms with E-state index in [1.165, 1.54) is 12.5 Å².